The number of rotatable bonds is 7. The van der Waals surface area contributed by atoms with E-state index in [-0.39, 0.29) is 5.91 Å². The van der Waals surface area contributed by atoms with Gasteiger partial charge in [0.2, 0.25) is 0 Å². The van der Waals surface area contributed by atoms with Gasteiger partial charge in [0.15, 0.2) is 0 Å². The SMILES string of the molecule is CCN(Cc1c(C)nn(CC)c1C)C(=O)c1cnn(C(C)C(=O)O)c1. The Bertz CT molecular complexity index is 777. The normalized spacial score (nSPS) is 12.2. The molecule has 25 heavy (non-hydrogen) atoms. The molecule has 2 heterocycles. The van der Waals surface area contributed by atoms with Gasteiger partial charge in [0.25, 0.3) is 5.91 Å². The number of aliphatic carboxylic acids is 1. The molecule has 0 spiro atoms. The fraction of sp³-hybridized carbons (Fsp3) is 0.529. The van der Waals surface area contributed by atoms with E-state index in [0.29, 0.717) is 18.7 Å². The molecule has 0 saturated heterocycles. The van der Waals surface area contributed by atoms with Gasteiger partial charge in [-0.2, -0.15) is 10.2 Å². The maximum atomic E-state index is 12.8. The lowest BCUT2D eigenvalue weighted by Gasteiger charge is -2.20. The summed E-state index contributed by atoms with van der Waals surface area (Å²) in [5.41, 5.74) is 3.40. The van der Waals surface area contributed by atoms with E-state index in [1.165, 1.54) is 24.0 Å². The molecule has 1 unspecified atom stereocenters. The van der Waals surface area contributed by atoms with Crippen molar-refractivity contribution in [2.75, 3.05) is 6.54 Å². The van der Waals surface area contributed by atoms with E-state index in [4.69, 9.17) is 5.11 Å². The van der Waals surface area contributed by atoms with Crippen LogP contribution in [0.1, 0.15) is 54.1 Å². The Morgan fingerprint density at radius 1 is 1.32 bits per heavy atom. The van der Waals surface area contributed by atoms with Crippen molar-refractivity contribution in [3.05, 3.63) is 34.9 Å². The Hall–Kier alpha value is -2.64. The van der Waals surface area contributed by atoms with Gasteiger partial charge < -0.3 is 10.0 Å². The first-order valence-electron chi connectivity index (χ1n) is 8.39. The highest BCUT2D eigenvalue weighted by Crippen LogP contribution is 2.17. The quantitative estimate of drug-likeness (QED) is 0.827. The maximum absolute atomic E-state index is 12.8. The van der Waals surface area contributed by atoms with Crippen LogP contribution in [0.5, 0.6) is 0 Å². The number of amides is 1. The largest absolute Gasteiger partial charge is 0.480 e. The summed E-state index contributed by atoms with van der Waals surface area (Å²) in [5, 5.41) is 17.6. The van der Waals surface area contributed by atoms with Crippen molar-refractivity contribution in [3.8, 4) is 0 Å². The molecular formula is C17H25N5O3. The van der Waals surface area contributed by atoms with Crippen LogP contribution in [0.4, 0.5) is 0 Å². The number of hydrogen-bond donors (Lipinski definition) is 1. The predicted octanol–water partition coefficient (Wildman–Crippen LogP) is 2.02. The van der Waals surface area contributed by atoms with E-state index in [1.54, 1.807) is 4.90 Å². The molecule has 1 N–H and O–H groups in total. The van der Waals surface area contributed by atoms with Crippen LogP contribution < -0.4 is 0 Å². The van der Waals surface area contributed by atoms with Crippen LogP contribution in [0.2, 0.25) is 0 Å². The van der Waals surface area contributed by atoms with Crippen molar-refractivity contribution in [2.24, 2.45) is 0 Å². The summed E-state index contributed by atoms with van der Waals surface area (Å²) < 4.78 is 3.21. The minimum atomic E-state index is -0.993. The fourth-order valence-electron chi connectivity index (χ4n) is 2.74. The average Bonchev–Trinajstić information content (AvgIpc) is 3.17. The lowest BCUT2D eigenvalue weighted by atomic mass is 10.1. The second-order valence-electron chi connectivity index (χ2n) is 6.01. The highest BCUT2D eigenvalue weighted by atomic mass is 16.4. The molecule has 8 nitrogen and oxygen atoms in total. The predicted molar refractivity (Wildman–Crippen MR) is 92.4 cm³/mol. The van der Waals surface area contributed by atoms with Gasteiger partial charge in [-0.3, -0.25) is 14.2 Å². The smallest absolute Gasteiger partial charge is 0.328 e. The summed E-state index contributed by atoms with van der Waals surface area (Å²) in [6, 6.07) is -0.816. The molecule has 0 bridgehead atoms. The monoisotopic (exact) mass is 347 g/mol. The molecule has 136 valence electrons. The number of carbonyl (C=O) groups excluding carboxylic acids is 1. The first-order valence-corrected chi connectivity index (χ1v) is 8.39. The van der Waals surface area contributed by atoms with Crippen molar-refractivity contribution >= 4 is 11.9 Å². The summed E-state index contributed by atoms with van der Waals surface area (Å²) in [4.78, 5) is 25.5. The molecule has 2 aromatic rings. The van der Waals surface area contributed by atoms with E-state index >= 15 is 0 Å². The van der Waals surface area contributed by atoms with Crippen molar-refractivity contribution in [1.29, 1.82) is 0 Å². The van der Waals surface area contributed by atoms with Crippen molar-refractivity contribution < 1.29 is 14.7 Å². The van der Waals surface area contributed by atoms with E-state index in [2.05, 4.69) is 10.2 Å². The number of aryl methyl sites for hydroxylation is 2. The average molecular weight is 347 g/mol. The van der Waals surface area contributed by atoms with Crippen LogP contribution in [0, 0.1) is 13.8 Å². The molecule has 0 aliphatic heterocycles. The highest BCUT2D eigenvalue weighted by Gasteiger charge is 2.22. The Kier molecular flexibility index (Phi) is 5.61. The zero-order valence-corrected chi connectivity index (χ0v) is 15.4. The third-order valence-corrected chi connectivity index (χ3v) is 4.45. The Balaban J connectivity index is 2.22. The van der Waals surface area contributed by atoms with Crippen molar-refractivity contribution in [1.82, 2.24) is 24.5 Å². The van der Waals surface area contributed by atoms with E-state index in [9.17, 15) is 9.59 Å². The molecule has 1 amide bonds. The molecule has 1 atom stereocenters. The van der Waals surface area contributed by atoms with Gasteiger partial charge in [0.1, 0.15) is 6.04 Å². The Labute approximate surface area is 147 Å². The number of aromatic nitrogens is 4. The Morgan fingerprint density at radius 3 is 2.52 bits per heavy atom. The minimum Gasteiger partial charge on any atom is -0.480 e. The second-order valence-corrected chi connectivity index (χ2v) is 6.01. The molecular weight excluding hydrogens is 322 g/mol. The van der Waals surface area contributed by atoms with Gasteiger partial charge in [-0.25, -0.2) is 4.79 Å². The number of carbonyl (C=O) groups is 2. The highest BCUT2D eigenvalue weighted by molar-refractivity contribution is 5.93. The summed E-state index contributed by atoms with van der Waals surface area (Å²) in [6.45, 7) is 11.2. The van der Waals surface area contributed by atoms with Crippen LogP contribution in [-0.4, -0.2) is 48.0 Å². The van der Waals surface area contributed by atoms with Gasteiger partial charge in [-0.1, -0.05) is 0 Å². The zero-order valence-electron chi connectivity index (χ0n) is 15.4. The number of carboxylic acids is 1. The fourth-order valence-corrected chi connectivity index (χ4v) is 2.74. The molecule has 8 heteroatoms. The molecule has 0 aromatic carbocycles. The summed E-state index contributed by atoms with van der Waals surface area (Å²) in [6.07, 6.45) is 2.90. The van der Waals surface area contributed by atoms with Gasteiger partial charge in [0, 0.05) is 37.1 Å². The van der Waals surface area contributed by atoms with E-state index < -0.39 is 12.0 Å². The van der Waals surface area contributed by atoms with Gasteiger partial charge in [0.05, 0.1) is 17.5 Å². The van der Waals surface area contributed by atoms with Crippen molar-refractivity contribution in [3.63, 3.8) is 0 Å². The lowest BCUT2D eigenvalue weighted by Crippen LogP contribution is -2.30. The molecule has 2 rings (SSSR count). The summed E-state index contributed by atoms with van der Waals surface area (Å²) in [7, 11) is 0. The number of carboxylic acid groups (broad SMARTS) is 1. The molecule has 2 aromatic heterocycles. The standard InChI is InChI=1S/C17H25N5O3/c1-6-20(10-15-11(3)19-21(7-2)12(15)4)16(23)14-8-18-22(9-14)13(5)17(24)25/h8-9,13H,6-7,10H2,1-5H3,(H,24,25). The minimum absolute atomic E-state index is 0.172. The topological polar surface area (TPSA) is 93.3 Å². The molecule has 0 aliphatic rings. The first-order chi connectivity index (χ1) is 11.8. The maximum Gasteiger partial charge on any atom is 0.328 e. The lowest BCUT2D eigenvalue weighted by molar-refractivity contribution is -0.140. The number of hydrogen-bond acceptors (Lipinski definition) is 4. The third-order valence-electron chi connectivity index (χ3n) is 4.45. The summed E-state index contributed by atoms with van der Waals surface area (Å²) in [5.74, 6) is -1.16. The van der Waals surface area contributed by atoms with E-state index in [0.717, 1.165) is 23.5 Å². The molecule has 0 fully saturated rings. The molecule has 0 saturated carbocycles. The van der Waals surface area contributed by atoms with Gasteiger partial charge in [-0.15, -0.1) is 0 Å². The van der Waals surface area contributed by atoms with Crippen LogP contribution in [-0.2, 0) is 17.9 Å². The van der Waals surface area contributed by atoms with Gasteiger partial charge in [-0.05, 0) is 34.6 Å². The summed E-state index contributed by atoms with van der Waals surface area (Å²) >= 11 is 0. The van der Waals surface area contributed by atoms with Crippen molar-refractivity contribution in [2.45, 2.75) is 53.8 Å². The Morgan fingerprint density at radius 2 is 2.00 bits per heavy atom. The first kappa shape index (κ1) is 18.7. The van der Waals surface area contributed by atoms with Crippen LogP contribution in [0.3, 0.4) is 0 Å². The van der Waals surface area contributed by atoms with Gasteiger partial charge >= 0.3 is 5.97 Å². The van der Waals surface area contributed by atoms with E-state index in [1.807, 2.05) is 32.4 Å². The molecule has 0 radical (unpaired) electrons. The molecule has 0 aliphatic carbocycles. The van der Waals surface area contributed by atoms with Crippen LogP contribution >= 0.6 is 0 Å². The number of nitrogens with zero attached hydrogens (tertiary/aromatic N) is 5. The second kappa shape index (κ2) is 7.50. The van der Waals surface area contributed by atoms with Crippen LogP contribution in [0.15, 0.2) is 12.4 Å². The zero-order chi connectivity index (χ0) is 18.7. The van der Waals surface area contributed by atoms with Crippen LogP contribution in [0.25, 0.3) is 0 Å². The third kappa shape index (κ3) is 3.72.